The fourth-order valence-electron chi connectivity index (χ4n) is 6.90. The molecule has 1 fully saturated rings. The van der Waals surface area contributed by atoms with Crippen LogP contribution in [0.5, 0.6) is 0 Å². The predicted molar refractivity (Wildman–Crippen MR) is 198 cm³/mol. The highest BCUT2D eigenvalue weighted by atomic mass is 35.5. The minimum absolute atomic E-state index is 0.0418. The van der Waals surface area contributed by atoms with Crippen molar-refractivity contribution in [2.24, 2.45) is 4.99 Å². The SMILES string of the molecule is COC(=O)CC1N=C(c2ccc(Cl)cc2)c2c(sc(C(=O)NCCCCNc3cccc4c3C(=O)N(C3CCC(=O)NC3=O)C4=O)c2C)-n2c(C)nnc21. The normalized spacial score (nSPS) is 17.6. The van der Waals surface area contributed by atoms with Crippen LogP contribution < -0.4 is 16.0 Å². The van der Waals surface area contributed by atoms with Crippen LogP contribution in [0.1, 0.15) is 96.9 Å². The lowest BCUT2D eigenvalue weighted by Crippen LogP contribution is -2.54. The van der Waals surface area contributed by atoms with Gasteiger partial charge < -0.3 is 15.4 Å². The summed E-state index contributed by atoms with van der Waals surface area (Å²) in [5, 5.41) is 18.4. The number of thiophene rings is 1. The Morgan fingerprint density at radius 3 is 2.50 bits per heavy atom. The number of benzene rings is 2. The van der Waals surface area contributed by atoms with E-state index in [1.54, 1.807) is 37.3 Å². The lowest BCUT2D eigenvalue weighted by Gasteiger charge is -2.27. The molecular weight excluding hydrogens is 736 g/mol. The first-order chi connectivity index (χ1) is 26.0. The number of hydrogen-bond acceptors (Lipinski definition) is 12. The molecular formula is C37H35ClN8O7S. The first kappa shape index (κ1) is 36.6. The second-order valence-electron chi connectivity index (χ2n) is 13.0. The van der Waals surface area contributed by atoms with Crippen molar-refractivity contribution in [1.29, 1.82) is 0 Å². The van der Waals surface area contributed by atoms with Crippen LogP contribution in [0, 0.1) is 13.8 Å². The van der Waals surface area contributed by atoms with Gasteiger partial charge in [0, 0.05) is 41.3 Å². The number of fused-ring (bicyclic) bond motifs is 4. The smallest absolute Gasteiger partial charge is 0.308 e. The Labute approximate surface area is 318 Å². The molecule has 278 valence electrons. The highest BCUT2D eigenvalue weighted by Gasteiger charge is 2.45. The van der Waals surface area contributed by atoms with Crippen LogP contribution in [-0.4, -0.2) is 87.1 Å². The number of amides is 5. The Kier molecular flexibility index (Phi) is 10.1. The summed E-state index contributed by atoms with van der Waals surface area (Å²) >= 11 is 7.50. The first-order valence-electron chi connectivity index (χ1n) is 17.3. The number of methoxy groups -OCH3 is 1. The van der Waals surface area contributed by atoms with Crippen LogP contribution in [0.15, 0.2) is 47.5 Å². The number of aromatic nitrogens is 3. The third-order valence-electron chi connectivity index (χ3n) is 9.59. The van der Waals surface area contributed by atoms with Crippen molar-refractivity contribution >= 4 is 69.8 Å². The lowest BCUT2D eigenvalue weighted by atomic mass is 9.99. The van der Waals surface area contributed by atoms with Crippen LogP contribution in [0.4, 0.5) is 5.69 Å². The summed E-state index contributed by atoms with van der Waals surface area (Å²) in [6.45, 7) is 4.48. The summed E-state index contributed by atoms with van der Waals surface area (Å²) in [4.78, 5) is 83.2. The van der Waals surface area contributed by atoms with E-state index in [4.69, 9.17) is 21.3 Å². The van der Waals surface area contributed by atoms with E-state index in [2.05, 4.69) is 26.1 Å². The average Bonchev–Trinajstić information content (AvgIpc) is 3.75. The van der Waals surface area contributed by atoms with Gasteiger partial charge in [0.25, 0.3) is 17.7 Å². The van der Waals surface area contributed by atoms with E-state index >= 15 is 0 Å². The molecule has 2 atom stereocenters. The van der Waals surface area contributed by atoms with Crippen molar-refractivity contribution < 1.29 is 33.5 Å². The van der Waals surface area contributed by atoms with Gasteiger partial charge in [-0.15, -0.1) is 21.5 Å². The number of imide groups is 2. The molecule has 0 spiro atoms. The molecule has 5 amide bonds. The molecule has 1 saturated heterocycles. The fraction of sp³-hybridized carbons (Fsp3) is 0.324. The largest absolute Gasteiger partial charge is 0.469 e. The first-order valence-corrected chi connectivity index (χ1v) is 18.5. The van der Waals surface area contributed by atoms with Crippen molar-refractivity contribution in [2.75, 3.05) is 25.5 Å². The number of rotatable bonds is 11. The Morgan fingerprint density at radius 1 is 1.00 bits per heavy atom. The molecule has 54 heavy (non-hydrogen) atoms. The van der Waals surface area contributed by atoms with Crippen molar-refractivity contribution in [2.45, 2.75) is 58.0 Å². The molecule has 3 aliphatic heterocycles. The quantitative estimate of drug-likeness (QED) is 0.114. The number of nitrogens with one attached hydrogen (secondary N) is 3. The number of aryl methyl sites for hydroxylation is 1. The fourth-order valence-corrected chi connectivity index (χ4v) is 8.31. The number of unbranched alkanes of at least 4 members (excludes halogenated alkanes) is 1. The van der Waals surface area contributed by atoms with E-state index in [0.29, 0.717) is 69.4 Å². The molecule has 17 heteroatoms. The molecule has 0 aliphatic carbocycles. The maximum absolute atomic E-state index is 13.7. The number of piperidine rings is 1. The Balaban J connectivity index is 1.03. The Morgan fingerprint density at radius 2 is 1.76 bits per heavy atom. The molecule has 2 aromatic heterocycles. The molecule has 4 aromatic rings. The second kappa shape index (κ2) is 14.9. The van der Waals surface area contributed by atoms with Gasteiger partial charge in [0.15, 0.2) is 5.82 Å². The monoisotopic (exact) mass is 770 g/mol. The number of esters is 1. The Bertz CT molecular complexity index is 2260. The van der Waals surface area contributed by atoms with Crippen LogP contribution in [0.2, 0.25) is 5.02 Å². The summed E-state index contributed by atoms with van der Waals surface area (Å²) in [5.41, 5.74) is 3.65. The highest BCUT2D eigenvalue weighted by molar-refractivity contribution is 7.17. The topological polar surface area (TPSA) is 194 Å². The number of ether oxygens (including phenoxy) is 1. The van der Waals surface area contributed by atoms with Crippen LogP contribution in [0.25, 0.3) is 5.00 Å². The third kappa shape index (κ3) is 6.66. The van der Waals surface area contributed by atoms with Gasteiger partial charge in [-0.3, -0.25) is 48.5 Å². The predicted octanol–water partition coefficient (Wildman–Crippen LogP) is 4.08. The van der Waals surface area contributed by atoms with Crippen molar-refractivity contribution in [1.82, 2.24) is 30.3 Å². The molecule has 15 nitrogen and oxygen atoms in total. The number of anilines is 1. The van der Waals surface area contributed by atoms with Gasteiger partial charge in [-0.05, 0) is 62.9 Å². The van der Waals surface area contributed by atoms with Gasteiger partial charge in [0.05, 0.1) is 35.2 Å². The van der Waals surface area contributed by atoms with Crippen molar-refractivity contribution in [3.8, 4) is 5.00 Å². The molecule has 0 saturated carbocycles. The molecule has 3 aliphatic rings. The minimum Gasteiger partial charge on any atom is -0.469 e. The van der Waals surface area contributed by atoms with Gasteiger partial charge >= 0.3 is 5.97 Å². The van der Waals surface area contributed by atoms with E-state index in [-0.39, 0.29) is 36.3 Å². The molecule has 0 radical (unpaired) electrons. The molecule has 0 bridgehead atoms. The lowest BCUT2D eigenvalue weighted by molar-refractivity contribution is -0.141. The van der Waals surface area contributed by atoms with Crippen molar-refractivity contribution in [3.63, 3.8) is 0 Å². The molecule has 2 aromatic carbocycles. The number of nitrogens with zero attached hydrogens (tertiary/aromatic N) is 5. The van der Waals surface area contributed by atoms with Crippen molar-refractivity contribution in [3.05, 3.63) is 91.8 Å². The van der Waals surface area contributed by atoms with E-state index in [9.17, 15) is 28.8 Å². The second-order valence-corrected chi connectivity index (χ2v) is 14.5. The zero-order valence-electron chi connectivity index (χ0n) is 29.5. The third-order valence-corrected chi connectivity index (χ3v) is 11.1. The summed E-state index contributed by atoms with van der Waals surface area (Å²) in [6.07, 6.45) is 1.30. The summed E-state index contributed by atoms with van der Waals surface area (Å²) < 4.78 is 6.81. The maximum atomic E-state index is 13.7. The van der Waals surface area contributed by atoms with E-state index < -0.39 is 41.7 Å². The maximum Gasteiger partial charge on any atom is 0.308 e. The number of hydrogen-bond donors (Lipinski definition) is 3. The van der Waals surface area contributed by atoms with E-state index in [1.807, 2.05) is 23.6 Å². The summed E-state index contributed by atoms with van der Waals surface area (Å²) in [5.74, 6) is -1.92. The molecule has 7 rings (SSSR count). The highest BCUT2D eigenvalue weighted by Crippen LogP contribution is 2.40. The van der Waals surface area contributed by atoms with Crippen LogP contribution in [-0.2, 0) is 19.1 Å². The summed E-state index contributed by atoms with van der Waals surface area (Å²) in [6, 6.07) is 10.4. The average molecular weight is 771 g/mol. The molecule has 3 N–H and O–H groups in total. The number of halogens is 1. The summed E-state index contributed by atoms with van der Waals surface area (Å²) in [7, 11) is 1.32. The van der Waals surface area contributed by atoms with Gasteiger partial charge in [-0.2, -0.15) is 0 Å². The number of carbonyl (C=O) groups excluding carboxylic acids is 6. The zero-order valence-corrected chi connectivity index (χ0v) is 31.1. The number of aliphatic imine (C=N–C) groups is 1. The number of carbonyl (C=O) groups is 6. The van der Waals surface area contributed by atoms with Gasteiger partial charge in [-0.1, -0.05) is 29.8 Å². The van der Waals surface area contributed by atoms with Crippen LogP contribution in [0.3, 0.4) is 0 Å². The minimum atomic E-state index is -1.05. The van der Waals surface area contributed by atoms with Gasteiger partial charge in [-0.25, -0.2) is 0 Å². The zero-order chi connectivity index (χ0) is 38.3. The van der Waals surface area contributed by atoms with E-state index in [0.717, 1.165) is 16.0 Å². The Hall–Kier alpha value is -5.74. The van der Waals surface area contributed by atoms with Gasteiger partial charge in [0.1, 0.15) is 22.9 Å². The molecule has 5 heterocycles. The standard InChI is InChI=1S/C37H35ClN8O7S/c1-18-28-30(20-9-11-21(38)12-10-20)41-24(17-27(48)53-3)32-44-43-19(2)45(32)37(28)54-31(18)34(50)40-16-5-4-15-39-23-8-6-7-22-29(23)36(52)46(35(22)51)25-13-14-26(47)42-33(25)49/h6-12,24-25,39H,4-5,13-17H2,1-3H3,(H,40,50)(H,42,47,49). The van der Waals surface area contributed by atoms with E-state index in [1.165, 1.54) is 18.4 Å². The van der Waals surface area contributed by atoms with Crippen LogP contribution >= 0.6 is 22.9 Å². The van der Waals surface area contributed by atoms with Gasteiger partial charge in [0.2, 0.25) is 11.8 Å². The molecule has 2 unspecified atom stereocenters.